The van der Waals surface area contributed by atoms with Crippen molar-refractivity contribution in [3.05, 3.63) is 77.1 Å². The molecule has 8 nitrogen and oxygen atoms in total. The molecule has 1 N–H and O–H groups in total. The van der Waals surface area contributed by atoms with E-state index in [2.05, 4.69) is 15.4 Å². The summed E-state index contributed by atoms with van der Waals surface area (Å²) in [5.74, 6) is -0.753. The molecule has 33 heavy (non-hydrogen) atoms. The van der Waals surface area contributed by atoms with Gasteiger partial charge in [-0.3, -0.25) is 14.3 Å². The molecule has 0 radical (unpaired) electrons. The van der Waals surface area contributed by atoms with E-state index in [0.717, 1.165) is 16.8 Å². The third-order valence-electron chi connectivity index (χ3n) is 5.41. The summed E-state index contributed by atoms with van der Waals surface area (Å²) in [6.07, 6.45) is 3.54. The van der Waals surface area contributed by atoms with Gasteiger partial charge in [0.1, 0.15) is 5.82 Å². The molecule has 0 aliphatic rings. The quantitative estimate of drug-likeness (QED) is 0.489. The second-order valence-electron chi connectivity index (χ2n) is 8.15. The average Bonchev–Trinajstić information content (AvgIpc) is 3.30. The lowest BCUT2D eigenvalue weighted by atomic mass is 10.1. The fourth-order valence-electron chi connectivity index (χ4n) is 3.88. The number of carbonyl (C=O) groups excluding carboxylic acids is 2. The highest BCUT2D eigenvalue weighted by Gasteiger charge is 2.19. The molecule has 170 valence electrons. The smallest absolute Gasteiger partial charge is 0.254 e. The molecule has 0 fully saturated rings. The van der Waals surface area contributed by atoms with Gasteiger partial charge in [0, 0.05) is 51.4 Å². The van der Waals surface area contributed by atoms with E-state index in [1.165, 1.54) is 19.1 Å². The third kappa shape index (κ3) is 4.77. The Bertz CT molecular complexity index is 1340. The maximum Gasteiger partial charge on any atom is 0.254 e. The molecule has 0 bridgehead atoms. The second kappa shape index (κ2) is 8.85. The van der Waals surface area contributed by atoms with Crippen LogP contribution in [0.25, 0.3) is 11.0 Å². The number of hydrogen-bond donors (Lipinski definition) is 1. The summed E-state index contributed by atoms with van der Waals surface area (Å²) in [6, 6.07) is 9.59. The van der Waals surface area contributed by atoms with Gasteiger partial charge >= 0.3 is 0 Å². The monoisotopic (exact) mass is 448 g/mol. The van der Waals surface area contributed by atoms with E-state index in [4.69, 9.17) is 0 Å². The van der Waals surface area contributed by atoms with E-state index >= 15 is 0 Å². The zero-order valence-corrected chi connectivity index (χ0v) is 19.0. The number of nitrogens with zero attached hydrogens (tertiary/aromatic N) is 5. The highest BCUT2D eigenvalue weighted by molar-refractivity contribution is 6.05. The molecule has 4 rings (SSSR count). The molecule has 0 atom stereocenters. The summed E-state index contributed by atoms with van der Waals surface area (Å²) in [4.78, 5) is 31.2. The molecule has 9 heteroatoms. The molecule has 0 spiro atoms. The molecule has 0 saturated carbocycles. The minimum absolute atomic E-state index is 0.195. The number of carbonyl (C=O) groups is 2. The molecular weight excluding hydrogens is 423 g/mol. The van der Waals surface area contributed by atoms with E-state index in [1.807, 2.05) is 24.7 Å². The Labute approximate surface area is 190 Å². The number of rotatable bonds is 6. The molecule has 2 aromatic carbocycles. The summed E-state index contributed by atoms with van der Waals surface area (Å²) < 4.78 is 16.9. The first-order chi connectivity index (χ1) is 15.7. The zero-order chi connectivity index (χ0) is 23.7. The number of anilines is 1. The number of benzene rings is 2. The molecule has 0 aliphatic carbocycles. The van der Waals surface area contributed by atoms with Crippen LogP contribution in [0, 0.1) is 12.7 Å². The fraction of sp³-hybridized carbons (Fsp3) is 0.250. The lowest BCUT2D eigenvalue weighted by Gasteiger charge is -2.18. The van der Waals surface area contributed by atoms with Crippen LogP contribution in [0.4, 0.5) is 10.1 Å². The zero-order valence-electron chi connectivity index (χ0n) is 19.0. The van der Waals surface area contributed by atoms with E-state index < -0.39 is 0 Å². The molecule has 2 aromatic heterocycles. The van der Waals surface area contributed by atoms with E-state index in [9.17, 15) is 14.0 Å². The fourth-order valence-corrected chi connectivity index (χ4v) is 3.88. The molecular formula is C24H25FN6O2. The standard InChI is InChI=1S/C24H25FN6O2/c1-15-19(13-30(4)28-15)12-29(3)24(33)18-9-21-23(22(10-18)27-16(2)32)31(14-26-21)11-17-5-7-20(25)8-6-17/h5-10,13-14H,11-12H2,1-4H3,(H,27,32). The topological polar surface area (TPSA) is 85.1 Å². The molecule has 0 saturated heterocycles. The summed E-state index contributed by atoms with van der Waals surface area (Å²) >= 11 is 0. The number of aromatic nitrogens is 4. The van der Waals surface area contributed by atoms with Crippen molar-refractivity contribution in [2.24, 2.45) is 7.05 Å². The van der Waals surface area contributed by atoms with Crippen molar-refractivity contribution >= 4 is 28.5 Å². The normalized spacial score (nSPS) is 11.1. The van der Waals surface area contributed by atoms with E-state index in [0.29, 0.717) is 35.4 Å². The van der Waals surface area contributed by atoms with E-state index in [-0.39, 0.29) is 17.6 Å². The number of fused-ring (bicyclic) bond motifs is 1. The second-order valence-corrected chi connectivity index (χ2v) is 8.15. The van der Waals surface area contributed by atoms with Crippen LogP contribution < -0.4 is 5.32 Å². The van der Waals surface area contributed by atoms with Crippen molar-refractivity contribution in [3.8, 4) is 0 Å². The Morgan fingerprint density at radius 2 is 1.91 bits per heavy atom. The number of nitrogens with one attached hydrogen (secondary N) is 1. The first-order valence-electron chi connectivity index (χ1n) is 10.5. The third-order valence-corrected chi connectivity index (χ3v) is 5.41. The molecule has 0 unspecified atom stereocenters. The van der Waals surface area contributed by atoms with Gasteiger partial charge in [-0.25, -0.2) is 9.37 Å². The van der Waals surface area contributed by atoms with Gasteiger partial charge in [0.25, 0.3) is 5.91 Å². The lowest BCUT2D eigenvalue weighted by molar-refractivity contribution is -0.114. The van der Waals surface area contributed by atoms with Gasteiger partial charge in [-0.2, -0.15) is 5.10 Å². The Morgan fingerprint density at radius 3 is 2.55 bits per heavy atom. The average molecular weight is 449 g/mol. The highest BCUT2D eigenvalue weighted by Crippen LogP contribution is 2.27. The molecule has 2 heterocycles. The van der Waals surface area contributed by atoms with Crippen LogP contribution in [0.5, 0.6) is 0 Å². The van der Waals surface area contributed by atoms with Crippen molar-refractivity contribution < 1.29 is 14.0 Å². The first-order valence-corrected chi connectivity index (χ1v) is 10.5. The molecule has 2 amide bonds. The summed E-state index contributed by atoms with van der Waals surface area (Å²) in [7, 11) is 3.57. The molecule has 4 aromatic rings. The predicted octanol–water partition coefficient (Wildman–Crippen LogP) is 3.50. The van der Waals surface area contributed by atoms with Crippen molar-refractivity contribution in [1.29, 1.82) is 0 Å². The van der Waals surface area contributed by atoms with Gasteiger partial charge < -0.3 is 14.8 Å². The number of aryl methyl sites for hydroxylation is 2. The van der Waals surface area contributed by atoms with Gasteiger partial charge in [0.2, 0.25) is 5.91 Å². The number of imidazole rings is 1. The number of hydrogen-bond acceptors (Lipinski definition) is 4. The van der Waals surface area contributed by atoms with E-state index in [1.54, 1.807) is 47.2 Å². The van der Waals surface area contributed by atoms with Crippen molar-refractivity contribution in [2.75, 3.05) is 12.4 Å². The lowest BCUT2D eigenvalue weighted by Crippen LogP contribution is -2.26. The van der Waals surface area contributed by atoms with Crippen LogP contribution in [-0.4, -0.2) is 43.1 Å². The number of amides is 2. The first kappa shape index (κ1) is 22.2. The van der Waals surface area contributed by atoms with Gasteiger partial charge in [-0.1, -0.05) is 12.1 Å². The maximum absolute atomic E-state index is 13.3. The Hall–Kier alpha value is -4.01. The molecule has 0 aliphatic heterocycles. The SMILES string of the molecule is CC(=O)Nc1cc(C(=O)N(C)Cc2cn(C)nc2C)cc2ncn(Cc3ccc(F)cc3)c12. The summed E-state index contributed by atoms with van der Waals surface area (Å²) in [5, 5.41) is 7.15. The minimum atomic E-state index is -0.304. The van der Waals surface area contributed by atoms with Gasteiger partial charge in [0.05, 0.1) is 28.7 Å². The van der Waals surface area contributed by atoms with Gasteiger partial charge in [-0.15, -0.1) is 0 Å². The number of halogens is 1. The van der Waals surface area contributed by atoms with Crippen molar-refractivity contribution in [3.63, 3.8) is 0 Å². The van der Waals surface area contributed by atoms with Gasteiger partial charge in [0.15, 0.2) is 0 Å². The van der Waals surface area contributed by atoms with Crippen LogP contribution >= 0.6 is 0 Å². The Morgan fingerprint density at radius 1 is 1.18 bits per heavy atom. The summed E-state index contributed by atoms with van der Waals surface area (Å²) in [6.45, 7) is 4.17. The van der Waals surface area contributed by atoms with Crippen LogP contribution in [0.15, 0.2) is 48.9 Å². The van der Waals surface area contributed by atoms with Crippen LogP contribution in [0.2, 0.25) is 0 Å². The van der Waals surface area contributed by atoms with Crippen LogP contribution in [0.3, 0.4) is 0 Å². The Balaban J connectivity index is 1.68. The minimum Gasteiger partial charge on any atom is -0.337 e. The van der Waals surface area contributed by atoms with Crippen molar-refractivity contribution in [2.45, 2.75) is 26.9 Å². The van der Waals surface area contributed by atoms with Crippen LogP contribution in [-0.2, 0) is 24.9 Å². The summed E-state index contributed by atoms with van der Waals surface area (Å²) in [5.41, 5.74) is 4.90. The van der Waals surface area contributed by atoms with Crippen LogP contribution in [0.1, 0.15) is 34.1 Å². The highest BCUT2D eigenvalue weighted by atomic mass is 19.1. The Kier molecular flexibility index (Phi) is 5.95. The largest absolute Gasteiger partial charge is 0.337 e. The predicted molar refractivity (Wildman–Crippen MR) is 123 cm³/mol. The van der Waals surface area contributed by atoms with Crippen molar-refractivity contribution in [1.82, 2.24) is 24.2 Å². The maximum atomic E-state index is 13.3. The van der Waals surface area contributed by atoms with Gasteiger partial charge in [-0.05, 0) is 36.8 Å².